The third-order valence-corrected chi connectivity index (χ3v) is 4.32. The van der Waals surface area contributed by atoms with E-state index < -0.39 is 23.8 Å². The standard InChI is InChI=1S/C18H19F2N3O2/c1-22(2)17-6-4-12(9-21-17)18(25)23-10-13(24)8-16(23)11-3-5-14(19)15(20)7-11/h3-7,9,13,16,24H,8,10H2,1-2H3/t13-,16+/m1/s1. The zero-order valence-corrected chi connectivity index (χ0v) is 14.0. The van der Waals surface area contributed by atoms with Crippen LogP contribution in [0, 0.1) is 11.6 Å². The lowest BCUT2D eigenvalue weighted by molar-refractivity contribution is 0.0715. The lowest BCUT2D eigenvalue weighted by Crippen LogP contribution is -2.32. The fourth-order valence-electron chi connectivity index (χ4n) is 3.02. The van der Waals surface area contributed by atoms with E-state index in [4.69, 9.17) is 0 Å². The van der Waals surface area contributed by atoms with Crippen molar-refractivity contribution in [2.24, 2.45) is 0 Å². The van der Waals surface area contributed by atoms with Crippen LogP contribution in [0.2, 0.25) is 0 Å². The predicted molar refractivity (Wildman–Crippen MR) is 89.3 cm³/mol. The van der Waals surface area contributed by atoms with Gasteiger partial charge in [0.05, 0.1) is 17.7 Å². The van der Waals surface area contributed by atoms with Crippen LogP contribution in [0.5, 0.6) is 0 Å². The normalized spacial score (nSPS) is 20.0. The highest BCUT2D eigenvalue weighted by molar-refractivity contribution is 5.94. The maximum Gasteiger partial charge on any atom is 0.256 e. The molecule has 7 heteroatoms. The molecule has 5 nitrogen and oxygen atoms in total. The van der Waals surface area contributed by atoms with Crippen LogP contribution in [-0.2, 0) is 0 Å². The maximum atomic E-state index is 13.5. The van der Waals surface area contributed by atoms with Crippen LogP contribution >= 0.6 is 0 Å². The minimum Gasteiger partial charge on any atom is -0.391 e. The molecule has 1 aliphatic heterocycles. The van der Waals surface area contributed by atoms with Crippen molar-refractivity contribution in [1.29, 1.82) is 0 Å². The third-order valence-electron chi connectivity index (χ3n) is 4.32. The smallest absolute Gasteiger partial charge is 0.256 e. The highest BCUT2D eigenvalue weighted by Gasteiger charge is 2.36. The molecule has 0 bridgehead atoms. The second-order valence-corrected chi connectivity index (χ2v) is 6.34. The van der Waals surface area contributed by atoms with Crippen LogP contribution in [-0.4, -0.2) is 47.6 Å². The van der Waals surface area contributed by atoms with Crippen molar-refractivity contribution in [3.05, 3.63) is 59.3 Å². The molecule has 1 saturated heterocycles. The average molecular weight is 347 g/mol. The second-order valence-electron chi connectivity index (χ2n) is 6.34. The van der Waals surface area contributed by atoms with E-state index in [2.05, 4.69) is 4.98 Å². The molecule has 0 aliphatic carbocycles. The molecular formula is C18H19F2N3O2. The number of aliphatic hydroxyl groups is 1. The highest BCUT2D eigenvalue weighted by atomic mass is 19.2. The summed E-state index contributed by atoms with van der Waals surface area (Å²) in [6.07, 6.45) is 1.04. The Kier molecular flexibility index (Phi) is 4.67. The molecule has 0 radical (unpaired) electrons. The van der Waals surface area contributed by atoms with Crippen molar-refractivity contribution in [2.45, 2.75) is 18.6 Å². The van der Waals surface area contributed by atoms with Crippen molar-refractivity contribution >= 4 is 11.7 Å². The van der Waals surface area contributed by atoms with Gasteiger partial charge in [0.25, 0.3) is 5.91 Å². The Labute approximate surface area is 144 Å². The number of nitrogens with zero attached hydrogens (tertiary/aromatic N) is 3. The Balaban J connectivity index is 1.87. The molecule has 1 amide bonds. The third kappa shape index (κ3) is 3.46. The first-order chi connectivity index (χ1) is 11.9. The van der Waals surface area contributed by atoms with Gasteiger partial charge in [0, 0.05) is 26.8 Å². The van der Waals surface area contributed by atoms with Crippen LogP contribution in [0.3, 0.4) is 0 Å². The van der Waals surface area contributed by atoms with Gasteiger partial charge in [-0.05, 0) is 36.2 Å². The van der Waals surface area contributed by atoms with E-state index in [1.807, 2.05) is 19.0 Å². The van der Waals surface area contributed by atoms with Gasteiger partial charge < -0.3 is 14.9 Å². The second kappa shape index (κ2) is 6.76. The molecule has 2 atom stereocenters. The van der Waals surface area contributed by atoms with Gasteiger partial charge >= 0.3 is 0 Å². The zero-order valence-electron chi connectivity index (χ0n) is 14.0. The topological polar surface area (TPSA) is 56.7 Å². The summed E-state index contributed by atoms with van der Waals surface area (Å²) in [5.41, 5.74) is 0.842. The fraction of sp³-hybridized carbons (Fsp3) is 0.333. The molecule has 1 aliphatic rings. The number of carbonyl (C=O) groups excluding carboxylic acids is 1. The molecule has 0 spiro atoms. The van der Waals surface area contributed by atoms with Gasteiger partial charge in [-0.2, -0.15) is 0 Å². The first-order valence-corrected chi connectivity index (χ1v) is 7.94. The SMILES string of the molecule is CN(C)c1ccc(C(=O)N2C[C@H](O)C[C@H]2c2ccc(F)c(F)c2)cn1. The maximum absolute atomic E-state index is 13.5. The summed E-state index contributed by atoms with van der Waals surface area (Å²) in [7, 11) is 3.69. The van der Waals surface area contributed by atoms with Crippen molar-refractivity contribution in [1.82, 2.24) is 9.88 Å². The lowest BCUT2D eigenvalue weighted by atomic mass is 10.0. The summed E-state index contributed by atoms with van der Waals surface area (Å²) in [5.74, 6) is -1.49. The molecule has 1 aromatic heterocycles. The molecule has 2 aromatic rings. The molecule has 1 N–H and O–H groups in total. The van der Waals surface area contributed by atoms with Gasteiger partial charge in [0.1, 0.15) is 5.82 Å². The van der Waals surface area contributed by atoms with Crippen molar-refractivity contribution in [2.75, 3.05) is 25.5 Å². The number of likely N-dealkylation sites (tertiary alicyclic amines) is 1. The Morgan fingerprint density at radius 2 is 2.00 bits per heavy atom. The molecule has 2 heterocycles. The minimum absolute atomic E-state index is 0.137. The Bertz CT molecular complexity index is 780. The first-order valence-electron chi connectivity index (χ1n) is 7.94. The number of aliphatic hydroxyl groups excluding tert-OH is 1. The summed E-state index contributed by atoms with van der Waals surface area (Å²) < 4.78 is 26.7. The number of benzene rings is 1. The number of rotatable bonds is 3. The number of aromatic nitrogens is 1. The number of halogens is 2. The molecule has 132 valence electrons. The van der Waals surface area contributed by atoms with E-state index in [1.165, 1.54) is 17.2 Å². The average Bonchev–Trinajstić information content (AvgIpc) is 2.98. The van der Waals surface area contributed by atoms with Crippen molar-refractivity contribution in [3.8, 4) is 0 Å². The number of amides is 1. The van der Waals surface area contributed by atoms with E-state index in [9.17, 15) is 18.7 Å². The molecule has 0 saturated carbocycles. The molecule has 0 unspecified atom stereocenters. The monoisotopic (exact) mass is 347 g/mol. The number of hydrogen-bond acceptors (Lipinski definition) is 4. The summed E-state index contributed by atoms with van der Waals surface area (Å²) in [5, 5.41) is 9.98. The zero-order chi connectivity index (χ0) is 18.1. The largest absolute Gasteiger partial charge is 0.391 e. The van der Waals surface area contributed by atoms with Crippen LogP contribution < -0.4 is 4.90 Å². The fourth-order valence-corrected chi connectivity index (χ4v) is 3.02. The predicted octanol–water partition coefficient (Wildman–Crippen LogP) is 2.37. The number of hydrogen-bond donors (Lipinski definition) is 1. The molecule has 25 heavy (non-hydrogen) atoms. The van der Waals surface area contributed by atoms with Crippen LogP contribution in [0.25, 0.3) is 0 Å². The van der Waals surface area contributed by atoms with Gasteiger partial charge in [-0.3, -0.25) is 4.79 Å². The van der Waals surface area contributed by atoms with Gasteiger partial charge in [-0.25, -0.2) is 13.8 Å². The van der Waals surface area contributed by atoms with E-state index in [-0.39, 0.29) is 18.9 Å². The van der Waals surface area contributed by atoms with Gasteiger partial charge in [-0.1, -0.05) is 6.07 Å². The van der Waals surface area contributed by atoms with E-state index >= 15 is 0 Å². The van der Waals surface area contributed by atoms with E-state index in [0.717, 1.165) is 18.0 Å². The first kappa shape index (κ1) is 17.3. The van der Waals surface area contributed by atoms with Gasteiger partial charge in [0.2, 0.25) is 0 Å². The van der Waals surface area contributed by atoms with Crippen molar-refractivity contribution in [3.63, 3.8) is 0 Å². The molecule has 1 aromatic carbocycles. The quantitative estimate of drug-likeness (QED) is 0.926. The van der Waals surface area contributed by atoms with Crippen LogP contribution in [0.4, 0.5) is 14.6 Å². The molecular weight excluding hydrogens is 328 g/mol. The van der Waals surface area contributed by atoms with E-state index in [0.29, 0.717) is 11.1 Å². The summed E-state index contributed by atoms with van der Waals surface area (Å²) in [6, 6.07) is 6.43. The summed E-state index contributed by atoms with van der Waals surface area (Å²) >= 11 is 0. The lowest BCUT2D eigenvalue weighted by Gasteiger charge is -2.25. The van der Waals surface area contributed by atoms with Crippen molar-refractivity contribution < 1.29 is 18.7 Å². The summed E-state index contributed by atoms with van der Waals surface area (Å²) in [4.78, 5) is 20.3. The Morgan fingerprint density at radius 1 is 1.24 bits per heavy atom. The molecule has 1 fully saturated rings. The molecule has 3 rings (SSSR count). The van der Waals surface area contributed by atoms with E-state index in [1.54, 1.807) is 12.1 Å². The Morgan fingerprint density at radius 3 is 2.60 bits per heavy atom. The van der Waals surface area contributed by atoms with Crippen LogP contribution in [0.15, 0.2) is 36.5 Å². The Hall–Kier alpha value is -2.54. The number of anilines is 1. The van der Waals surface area contributed by atoms with Gasteiger partial charge in [0.15, 0.2) is 11.6 Å². The minimum atomic E-state index is -0.969. The number of carbonyl (C=O) groups is 1. The number of β-amino-alcohol motifs (C(OH)–C–C–N with tert-alkyl or cyclic N) is 1. The van der Waals surface area contributed by atoms with Gasteiger partial charge in [-0.15, -0.1) is 0 Å². The highest BCUT2D eigenvalue weighted by Crippen LogP contribution is 2.34. The summed E-state index contributed by atoms with van der Waals surface area (Å²) in [6.45, 7) is 0.137. The number of pyridine rings is 1. The van der Waals surface area contributed by atoms with Crippen LogP contribution in [0.1, 0.15) is 28.4 Å².